The number of amides is 1. The molecule has 0 aliphatic rings. The minimum atomic E-state index is -0.323. The lowest BCUT2D eigenvalue weighted by Gasteiger charge is -2.28. The summed E-state index contributed by atoms with van der Waals surface area (Å²) in [5.74, 6) is -0.0433. The molecule has 3 N–H and O–H groups in total. The number of nitrogens with one attached hydrogen (secondary N) is 2. The monoisotopic (exact) mass is 340 g/mol. The fourth-order valence-corrected chi connectivity index (χ4v) is 2.74. The number of carbonyl (C=O) groups excluding carboxylic acids is 1. The van der Waals surface area contributed by atoms with Gasteiger partial charge < -0.3 is 15.7 Å². The van der Waals surface area contributed by atoms with Crippen LogP contribution in [0, 0.1) is 12.3 Å². The van der Waals surface area contributed by atoms with Crippen molar-refractivity contribution in [3.63, 3.8) is 0 Å². The maximum atomic E-state index is 12.1. The van der Waals surface area contributed by atoms with Crippen LogP contribution in [0.25, 0.3) is 0 Å². The van der Waals surface area contributed by atoms with Crippen molar-refractivity contribution in [3.05, 3.63) is 28.8 Å². The molecule has 0 aliphatic heterocycles. The van der Waals surface area contributed by atoms with Gasteiger partial charge in [0.25, 0.3) is 0 Å². The molecule has 130 valence electrons. The van der Waals surface area contributed by atoms with Crippen molar-refractivity contribution in [2.75, 3.05) is 11.9 Å². The Labute approximate surface area is 144 Å². The molecule has 0 radical (unpaired) electrons. The normalized spacial score (nSPS) is 14.4. The number of aliphatic hydroxyl groups excluding tert-OH is 1. The van der Waals surface area contributed by atoms with Crippen molar-refractivity contribution in [1.82, 2.24) is 5.32 Å². The van der Waals surface area contributed by atoms with Crippen LogP contribution in [0.15, 0.2) is 18.2 Å². The summed E-state index contributed by atoms with van der Waals surface area (Å²) < 4.78 is 0. The molecule has 0 aromatic heterocycles. The first kappa shape index (κ1) is 19.9. The van der Waals surface area contributed by atoms with E-state index in [-0.39, 0.29) is 23.5 Å². The summed E-state index contributed by atoms with van der Waals surface area (Å²) in [7, 11) is 0. The summed E-state index contributed by atoms with van der Waals surface area (Å²) in [4.78, 5) is 12.1. The lowest BCUT2D eigenvalue weighted by atomic mass is 9.86. The third-order valence-corrected chi connectivity index (χ3v) is 4.13. The number of halogens is 1. The van der Waals surface area contributed by atoms with Gasteiger partial charge in [-0.05, 0) is 50.3 Å². The van der Waals surface area contributed by atoms with Gasteiger partial charge in [-0.2, -0.15) is 0 Å². The molecule has 0 saturated carbocycles. The SMILES string of the molecule is Cc1ccc(NC(=O)CC(C)NCC(C)(C)CC(C)O)cc1Cl. The van der Waals surface area contributed by atoms with Gasteiger partial charge in [0.1, 0.15) is 0 Å². The number of carbonyl (C=O) groups is 1. The molecule has 0 heterocycles. The van der Waals surface area contributed by atoms with Crippen molar-refractivity contribution < 1.29 is 9.90 Å². The van der Waals surface area contributed by atoms with Gasteiger partial charge in [-0.3, -0.25) is 4.79 Å². The van der Waals surface area contributed by atoms with E-state index in [9.17, 15) is 9.90 Å². The van der Waals surface area contributed by atoms with Gasteiger partial charge in [0, 0.05) is 29.7 Å². The van der Waals surface area contributed by atoms with Crippen LogP contribution < -0.4 is 10.6 Å². The zero-order valence-corrected chi connectivity index (χ0v) is 15.5. The first-order chi connectivity index (χ1) is 10.6. The minimum absolute atomic E-state index is 0.0105. The second-order valence-corrected chi connectivity index (χ2v) is 7.62. The fraction of sp³-hybridized carbons (Fsp3) is 0.611. The molecule has 0 aliphatic carbocycles. The molecule has 0 fully saturated rings. The lowest BCUT2D eigenvalue weighted by Crippen LogP contribution is -2.38. The van der Waals surface area contributed by atoms with Crippen molar-refractivity contribution in [1.29, 1.82) is 0 Å². The molecule has 23 heavy (non-hydrogen) atoms. The largest absolute Gasteiger partial charge is 0.393 e. The first-order valence-electron chi connectivity index (χ1n) is 8.06. The Bertz CT molecular complexity index is 530. The molecule has 0 spiro atoms. The van der Waals surface area contributed by atoms with Crippen molar-refractivity contribution >= 4 is 23.2 Å². The van der Waals surface area contributed by atoms with Gasteiger partial charge in [0.05, 0.1) is 6.10 Å². The zero-order valence-electron chi connectivity index (χ0n) is 14.7. The highest BCUT2D eigenvalue weighted by Gasteiger charge is 2.21. The second kappa shape index (κ2) is 8.67. The van der Waals surface area contributed by atoms with E-state index in [1.807, 2.05) is 26.0 Å². The van der Waals surface area contributed by atoms with Crippen molar-refractivity contribution in [3.8, 4) is 0 Å². The molecule has 5 heteroatoms. The lowest BCUT2D eigenvalue weighted by molar-refractivity contribution is -0.116. The highest BCUT2D eigenvalue weighted by atomic mass is 35.5. The van der Waals surface area contributed by atoms with E-state index in [4.69, 9.17) is 11.6 Å². The summed E-state index contributed by atoms with van der Waals surface area (Å²) in [6.07, 6.45) is 0.786. The van der Waals surface area contributed by atoms with Crippen LogP contribution in [0.1, 0.15) is 46.1 Å². The molecule has 1 rings (SSSR count). The van der Waals surface area contributed by atoms with E-state index < -0.39 is 0 Å². The Morgan fingerprint density at radius 2 is 2.00 bits per heavy atom. The number of aliphatic hydroxyl groups is 1. The van der Waals surface area contributed by atoms with E-state index in [1.54, 1.807) is 13.0 Å². The van der Waals surface area contributed by atoms with Gasteiger partial charge in [-0.15, -0.1) is 0 Å². The molecule has 0 saturated heterocycles. The summed E-state index contributed by atoms with van der Waals surface area (Å²) in [5, 5.41) is 16.4. The maximum absolute atomic E-state index is 12.1. The third-order valence-electron chi connectivity index (χ3n) is 3.72. The predicted molar refractivity (Wildman–Crippen MR) is 97.0 cm³/mol. The highest BCUT2D eigenvalue weighted by molar-refractivity contribution is 6.31. The second-order valence-electron chi connectivity index (χ2n) is 7.22. The van der Waals surface area contributed by atoms with Crippen LogP contribution in [0.5, 0.6) is 0 Å². The molecule has 2 unspecified atom stereocenters. The summed E-state index contributed by atoms with van der Waals surface area (Å²) in [6.45, 7) is 10.7. The fourth-order valence-electron chi connectivity index (χ4n) is 2.56. The number of hydrogen-bond acceptors (Lipinski definition) is 3. The molecule has 4 nitrogen and oxygen atoms in total. The third kappa shape index (κ3) is 7.82. The van der Waals surface area contributed by atoms with Gasteiger partial charge in [-0.25, -0.2) is 0 Å². The van der Waals surface area contributed by atoms with E-state index in [2.05, 4.69) is 24.5 Å². The Morgan fingerprint density at radius 3 is 2.57 bits per heavy atom. The van der Waals surface area contributed by atoms with E-state index in [1.165, 1.54) is 0 Å². The van der Waals surface area contributed by atoms with E-state index in [0.717, 1.165) is 18.5 Å². The zero-order chi connectivity index (χ0) is 17.6. The molecule has 2 atom stereocenters. The van der Waals surface area contributed by atoms with Crippen LogP contribution in [0.4, 0.5) is 5.69 Å². The Morgan fingerprint density at radius 1 is 1.35 bits per heavy atom. The van der Waals surface area contributed by atoms with Gasteiger partial charge in [0.2, 0.25) is 5.91 Å². The molecular formula is C18H29ClN2O2. The summed E-state index contributed by atoms with van der Waals surface area (Å²) >= 11 is 6.06. The van der Waals surface area contributed by atoms with E-state index >= 15 is 0 Å². The van der Waals surface area contributed by atoms with Crippen LogP contribution in [-0.4, -0.2) is 29.7 Å². The standard InChI is InChI=1S/C18H29ClN2O2/c1-12-6-7-15(9-16(12)19)21-17(23)8-13(2)20-11-18(4,5)10-14(3)22/h6-7,9,13-14,20,22H,8,10-11H2,1-5H3,(H,21,23). The molecule has 1 amide bonds. The van der Waals surface area contributed by atoms with E-state index in [0.29, 0.717) is 17.1 Å². The van der Waals surface area contributed by atoms with Crippen LogP contribution in [0.2, 0.25) is 5.02 Å². The average molecular weight is 341 g/mol. The number of benzene rings is 1. The van der Waals surface area contributed by atoms with Gasteiger partial charge in [0.15, 0.2) is 0 Å². The maximum Gasteiger partial charge on any atom is 0.225 e. The minimum Gasteiger partial charge on any atom is -0.393 e. The predicted octanol–water partition coefficient (Wildman–Crippen LogP) is 3.75. The van der Waals surface area contributed by atoms with Crippen molar-refractivity contribution in [2.24, 2.45) is 5.41 Å². The highest BCUT2D eigenvalue weighted by Crippen LogP contribution is 2.22. The Balaban J connectivity index is 2.43. The topological polar surface area (TPSA) is 61.4 Å². The molecule has 0 bridgehead atoms. The quantitative estimate of drug-likeness (QED) is 0.675. The Hall–Kier alpha value is -1.10. The molecule has 1 aromatic carbocycles. The first-order valence-corrected chi connectivity index (χ1v) is 8.44. The van der Waals surface area contributed by atoms with Crippen LogP contribution in [-0.2, 0) is 4.79 Å². The summed E-state index contributed by atoms with van der Waals surface area (Å²) in [5.41, 5.74) is 1.69. The van der Waals surface area contributed by atoms with Crippen LogP contribution >= 0.6 is 11.6 Å². The summed E-state index contributed by atoms with van der Waals surface area (Å²) in [6, 6.07) is 5.56. The van der Waals surface area contributed by atoms with Crippen molar-refractivity contribution in [2.45, 2.75) is 59.6 Å². The number of rotatable bonds is 8. The van der Waals surface area contributed by atoms with Gasteiger partial charge >= 0.3 is 0 Å². The van der Waals surface area contributed by atoms with Gasteiger partial charge in [-0.1, -0.05) is 31.5 Å². The average Bonchev–Trinajstić information content (AvgIpc) is 2.39. The molecular weight excluding hydrogens is 312 g/mol. The number of anilines is 1. The Kier molecular flexibility index (Phi) is 7.52. The number of hydrogen-bond donors (Lipinski definition) is 3. The molecule has 1 aromatic rings. The number of aryl methyl sites for hydroxylation is 1. The van der Waals surface area contributed by atoms with Crippen LogP contribution in [0.3, 0.4) is 0 Å². The smallest absolute Gasteiger partial charge is 0.225 e.